The molecule has 3 aromatic carbocycles. The van der Waals surface area contributed by atoms with Crippen molar-refractivity contribution in [3.8, 4) is 22.9 Å². The quantitative estimate of drug-likeness (QED) is 0.265. The number of methoxy groups -OCH3 is 2. The zero-order chi connectivity index (χ0) is 29.9. The van der Waals surface area contributed by atoms with Crippen LogP contribution in [0, 0.1) is 24.2 Å². The fraction of sp³-hybridized carbons (Fsp3) is 0.233. The molecule has 1 heterocycles. The van der Waals surface area contributed by atoms with E-state index in [0.717, 1.165) is 11.1 Å². The van der Waals surface area contributed by atoms with Crippen molar-refractivity contribution in [2.45, 2.75) is 31.7 Å². The predicted molar refractivity (Wildman–Crippen MR) is 153 cm³/mol. The molecule has 0 radical (unpaired) electrons. The van der Waals surface area contributed by atoms with E-state index in [0.29, 0.717) is 33.5 Å². The van der Waals surface area contributed by atoms with Gasteiger partial charge in [-0.1, -0.05) is 38.1 Å². The minimum absolute atomic E-state index is 0.0133. The topological polar surface area (TPSA) is 148 Å². The van der Waals surface area contributed by atoms with E-state index >= 15 is 0 Å². The minimum Gasteiger partial charge on any atom is -0.495 e. The largest absolute Gasteiger partial charge is 0.495 e. The number of benzene rings is 3. The number of rotatable bonds is 9. The van der Waals surface area contributed by atoms with Gasteiger partial charge < -0.3 is 19.2 Å². The molecule has 41 heavy (non-hydrogen) atoms. The number of amides is 1. The molecule has 1 unspecified atom stereocenters. The van der Waals surface area contributed by atoms with Gasteiger partial charge in [0, 0.05) is 11.3 Å². The van der Waals surface area contributed by atoms with E-state index in [1.807, 2.05) is 0 Å². The monoisotopic (exact) mass is 575 g/mol. The van der Waals surface area contributed by atoms with E-state index in [2.05, 4.69) is 16.1 Å². The van der Waals surface area contributed by atoms with Crippen molar-refractivity contribution in [1.29, 1.82) is 5.26 Å². The molecule has 4 aromatic rings. The Balaban J connectivity index is 1.50. The normalized spacial score (nSPS) is 12.1. The lowest BCUT2D eigenvalue weighted by molar-refractivity contribution is -0.143. The summed E-state index contributed by atoms with van der Waals surface area (Å²) < 4.78 is 44.0. The zero-order valence-electron chi connectivity index (χ0n) is 23.1. The molecule has 0 aliphatic rings. The maximum atomic E-state index is 13.0. The first kappa shape index (κ1) is 29.3. The second kappa shape index (κ2) is 11.8. The Labute approximate surface area is 237 Å². The second-order valence-electron chi connectivity index (χ2n) is 9.61. The van der Waals surface area contributed by atoms with Crippen LogP contribution in [0.25, 0.3) is 22.1 Å². The van der Waals surface area contributed by atoms with Gasteiger partial charge >= 0.3 is 5.97 Å². The highest BCUT2D eigenvalue weighted by Gasteiger charge is 2.29. The van der Waals surface area contributed by atoms with Gasteiger partial charge in [0.05, 0.1) is 30.1 Å². The fourth-order valence-corrected chi connectivity index (χ4v) is 5.73. The van der Waals surface area contributed by atoms with Crippen LogP contribution in [-0.2, 0) is 19.6 Å². The van der Waals surface area contributed by atoms with Gasteiger partial charge in [-0.3, -0.25) is 9.59 Å². The van der Waals surface area contributed by atoms with Crippen molar-refractivity contribution in [3.05, 3.63) is 77.6 Å². The maximum absolute atomic E-state index is 13.0. The van der Waals surface area contributed by atoms with Crippen LogP contribution < -0.4 is 14.8 Å². The first-order chi connectivity index (χ1) is 19.5. The third kappa shape index (κ3) is 5.94. The molecule has 0 saturated carbocycles. The molecule has 4 rings (SSSR count). The summed E-state index contributed by atoms with van der Waals surface area (Å²) in [6, 6.07) is 17.5. The van der Waals surface area contributed by atoms with E-state index in [9.17, 15) is 23.3 Å². The molecule has 2 N–H and O–H groups in total. The van der Waals surface area contributed by atoms with E-state index in [1.54, 1.807) is 69.3 Å². The summed E-state index contributed by atoms with van der Waals surface area (Å²) in [4.78, 5) is 25.0. The van der Waals surface area contributed by atoms with Crippen molar-refractivity contribution in [1.82, 2.24) is 4.72 Å². The van der Waals surface area contributed by atoms with Crippen LogP contribution >= 0.6 is 0 Å². The van der Waals surface area contributed by atoms with Crippen molar-refractivity contribution in [3.63, 3.8) is 0 Å². The molecule has 0 bridgehead atoms. The highest BCUT2D eigenvalue weighted by molar-refractivity contribution is 7.89. The van der Waals surface area contributed by atoms with Crippen LogP contribution in [0.1, 0.15) is 35.5 Å². The summed E-state index contributed by atoms with van der Waals surface area (Å²) in [6.45, 7) is 5.17. The van der Waals surface area contributed by atoms with Crippen LogP contribution in [0.15, 0.2) is 70.0 Å². The Morgan fingerprint density at radius 1 is 0.951 bits per heavy atom. The van der Waals surface area contributed by atoms with Gasteiger partial charge in [-0.15, -0.1) is 0 Å². The van der Waals surface area contributed by atoms with E-state index in [-0.39, 0.29) is 16.6 Å². The number of nitrogens with one attached hydrogen (secondary N) is 2. The van der Waals surface area contributed by atoms with Gasteiger partial charge in [0.1, 0.15) is 23.4 Å². The van der Waals surface area contributed by atoms with Gasteiger partial charge in [0.2, 0.25) is 10.0 Å². The lowest BCUT2D eigenvalue weighted by atomic mass is 10.1. The number of esters is 1. The number of fused-ring (bicyclic) bond motifs is 1. The van der Waals surface area contributed by atoms with E-state index in [1.165, 1.54) is 26.4 Å². The molecule has 0 saturated heterocycles. The van der Waals surface area contributed by atoms with Gasteiger partial charge in [-0.05, 0) is 60.4 Å². The first-order valence-electron chi connectivity index (χ1n) is 12.6. The SMILES string of the molecule is COC(=O)C(NS(=O)(=O)c1ccc(-c2ccc(NC(=O)c3oc4ccc(C#N)c(OC)c4c3C)cc2)cc1)C(C)C. The fourth-order valence-electron chi connectivity index (χ4n) is 4.40. The van der Waals surface area contributed by atoms with Crippen LogP contribution in [0.5, 0.6) is 5.75 Å². The number of carbonyl (C=O) groups is 2. The Morgan fingerprint density at radius 3 is 2.10 bits per heavy atom. The molecular weight excluding hydrogens is 546 g/mol. The number of aryl methyl sites for hydroxylation is 1. The predicted octanol–water partition coefficient (Wildman–Crippen LogP) is 5.02. The number of hydrogen-bond donors (Lipinski definition) is 2. The number of furan rings is 1. The summed E-state index contributed by atoms with van der Waals surface area (Å²) in [5.41, 5.74) is 3.40. The Kier molecular flexibility index (Phi) is 8.47. The number of anilines is 1. The third-order valence-corrected chi connectivity index (χ3v) is 8.08. The average Bonchev–Trinajstić information content (AvgIpc) is 3.31. The number of carbonyl (C=O) groups excluding carboxylic acids is 2. The molecular formula is C30H29N3O7S. The van der Waals surface area contributed by atoms with Crippen molar-refractivity contribution >= 4 is 38.6 Å². The van der Waals surface area contributed by atoms with Crippen molar-refractivity contribution in [2.24, 2.45) is 5.92 Å². The standard InChI is InChI=1S/C30H29N3O7S/c1-17(2)26(30(35)39-5)33-41(36,37)23-13-8-20(9-14-23)19-6-11-22(12-7-19)32-29(34)27-18(3)25-24(40-27)15-10-21(16-31)28(25)38-4/h6-15,17,26,33H,1-5H3,(H,32,34). The van der Waals surface area contributed by atoms with Gasteiger partial charge in [0.25, 0.3) is 5.91 Å². The van der Waals surface area contributed by atoms with Crippen molar-refractivity contribution in [2.75, 3.05) is 19.5 Å². The molecule has 0 spiro atoms. The van der Waals surface area contributed by atoms with Crippen LogP contribution in [0.3, 0.4) is 0 Å². The number of nitrogens with zero attached hydrogens (tertiary/aromatic N) is 1. The second-order valence-corrected chi connectivity index (χ2v) is 11.3. The molecule has 0 aliphatic carbocycles. The minimum atomic E-state index is -3.96. The van der Waals surface area contributed by atoms with E-state index < -0.39 is 27.9 Å². The lowest BCUT2D eigenvalue weighted by Crippen LogP contribution is -2.44. The van der Waals surface area contributed by atoms with Crippen LogP contribution in [-0.4, -0.2) is 40.6 Å². The van der Waals surface area contributed by atoms with Gasteiger partial charge in [0.15, 0.2) is 5.76 Å². The molecule has 0 fully saturated rings. The van der Waals surface area contributed by atoms with E-state index in [4.69, 9.17) is 13.9 Å². The molecule has 1 amide bonds. The summed E-state index contributed by atoms with van der Waals surface area (Å²) in [5, 5.41) is 12.7. The molecule has 1 atom stereocenters. The van der Waals surface area contributed by atoms with Gasteiger partial charge in [-0.2, -0.15) is 9.98 Å². The zero-order valence-corrected chi connectivity index (χ0v) is 24.0. The molecule has 212 valence electrons. The highest BCUT2D eigenvalue weighted by Crippen LogP contribution is 2.36. The van der Waals surface area contributed by atoms with Crippen molar-refractivity contribution < 1.29 is 31.9 Å². The molecule has 10 nitrogen and oxygen atoms in total. The third-order valence-electron chi connectivity index (χ3n) is 6.62. The van der Waals surface area contributed by atoms with Gasteiger partial charge in [-0.25, -0.2) is 8.42 Å². The number of ether oxygens (including phenoxy) is 2. The van der Waals surface area contributed by atoms with Crippen LogP contribution in [0.2, 0.25) is 0 Å². The smallest absolute Gasteiger partial charge is 0.324 e. The summed E-state index contributed by atoms with van der Waals surface area (Å²) in [6.07, 6.45) is 0. The lowest BCUT2D eigenvalue weighted by Gasteiger charge is -2.19. The number of hydrogen-bond acceptors (Lipinski definition) is 8. The maximum Gasteiger partial charge on any atom is 0.324 e. The Morgan fingerprint density at radius 2 is 1.56 bits per heavy atom. The Hall–Kier alpha value is -4.66. The number of nitriles is 1. The van der Waals surface area contributed by atoms with Crippen LogP contribution in [0.4, 0.5) is 5.69 Å². The summed E-state index contributed by atoms with van der Waals surface area (Å²) in [7, 11) is -1.29. The highest BCUT2D eigenvalue weighted by atomic mass is 32.2. The molecule has 11 heteroatoms. The molecule has 0 aliphatic heterocycles. The molecule has 1 aromatic heterocycles. The first-order valence-corrected chi connectivity index (χ1v) is 14.1. The summed E-state index contributed by atoms with van der Waals surface area (Å²) in [5.74, 6) is -0.954. The average molecular weight is 576 g/mol. The Bertz CT molecular complexity index is 1750. The number of sulfonamides is 1. The summed E-state index contributed by atoms with van der Waals surface area (Å²) >= 11 is 0.